The average molecular weight is 412 g/mol. The van der Waals surface area contributed by atoms with Gasteiger partial charge in [0.1, 0.15) is 11.5 Å². The quantitative estimate of drug-likeness (QED) is 0.578. The number of aromatic hydroxyl groups is 1. The van der Waals surface area contributed by atoms with Gasteiger partial charge in [-0.2, -0.15) is 5.10 Å². The summed E-state index contributed by atoms with van der Waals surface area (Å²) in [7, 11) is 0. The lowest BCUT2D eigenvalue weighted by atomic mass is 10.1. The van der Waals surface area contributed by atoms with E-state index in [9.17, 15) is 9.90 Å². The minimum atomic E-state index is -0.410. The molecule has 7 heteroatoms. The number of phenolic OH excluding ortho intramolecular Hbond substituents is 1. The molecule has 1 amide bonds. The molecule has 0 fully saturated rings. The van der Waals surface area contributed by atoms with Crippen LogP contribution in [0.25, 0.3) is 0 Å². The third-order valence-corrected chi connectivity index (χ3v) is 4.19. The topological polar surface area (TPSA) is 70.9 Å². The number of ether oxygens (including phenoxy) is 1. The molecule has 2 N–H and O–H groups in total. The van der Waals surface area contributed by atoms with Crippen molar-refractivity contribution in [2.24, 2.45) is 5.10 Å². The summed E-state index contributed by atoms with van der Waals surface area (Å²) < 4.78 is 5.93. The van der Waals surface area contributed by atoms with Crippen LogP contribution in [0.15, 0.2) is 39.9 Å². The summed E-state index contributed by atoms with van der Waals surface area (Å²) in [5.74, 6) is 0.238. The molecule has 0 heterocycles. The standard InChI is InChI=1S/C17H16BrClN2O3/c1-10-4-3-5-15(11(10)2)24-9-16(22)21-20-8-12-6-13(19)7-14(18)17(12)23/h3-8,23H,9H2,1-2H3,(H,21,22)/b20-8+. The Morgan fingerprint density at radius 3 is 2.92 bits per heavy atom. The van der Waals surface area contributed by atoms with Crippen molar-refractivity contribution in [2.45, 2.75) is 13.8 Å². The van der Waals surface area contributed by atoms with Crippen molar-refractivity contribution in [3.05, 3.63) is 56.5 Å². The zero-order valence-electron chi connectivity index (χ0n) is 13.1. The number of rotatable bonds is 5. The zero-order chi connectivity index (χ0) is 17.7. The summed E-state index contributed by atoms with van der Waals surface area (Å²) in [5, 5.41) is 14.1. The minimum Gasteiger partial charge on any atom is -0.506 e. The first kappa shape index (κ1) is 18.3. The van der Waals surface area contributed by atoms with Crippen LogP contribution in [-0.2, 0) is 4.79 Å². The van der Waals surface area contributed by atoms with E-state index in [4.69, 9.17) is 16.3 Å². The highest BCUT2D eigenvalue weighted by Crippen LogP contribution is 2.30. The zero-order valence-corrected chi connectivity index (χ0v) is 15.5. The predicted octanol–water partition coefficient (Wildman–Crippen LogP) is 3.95. The largest absolute Gasteiger partial charge is 0.506 e. The highest BCUT2D eigenvalue weighted by atomic mass is 79.9. The van der Waals surface area contributed by atoms with Gasteiger partial charge in [0.05, 0.1) is 10.7 Å². The molecular formula is C17H16BrClN2O3. The molecule has 0 atom stereocenters. The highest BCUT2D eigenvalue weighted by Gasteiger charge is 2.07. The van der Waals surface area contributed by atoms with E-state index in [1.54, 1.807) is 12.1 Å². The summed E-state index contributed by atoms with van der Waals surface area (Å²) in [6, 6.07) is 8.74. The number of nitrogens with one attached hydrogen (secondary N) is 1. The summed E-state index contributed by atoms with van der Waals surface area (Å²) in [6.07, 6.45) is 1.31. The Morgan fingerprint density at radius 1 is 1.42 bits per heavy atom. The molecule has 2 rings (SSSR count). The van der Waals surface area contributed by atoms with Gasteiger partial charge in [-0.25, -0.2) is 5.43 Å². The molecule has 0 saturated carbocycles. The maximum atomic E-state index is 11.8. The Balaban J connectivity index is 1.93. The molecule has 126 valence electrons. The van der Waals surface area contributed by atoms with E-state index < -0.39 is 5.91 Å². The molecule has 0 aliphatic carbocycles. The van der Waals surface area contributed by atoms with Crippen LogP contribution >= 0.6 is 27.5 Å². The third-order valence-electron chi connectivity index (χ3n) is 3.36. The number of hydrogen-bond donors (Lipinski definition) is 2. The van der Waals surface area contributed by atoms with Gasteiger partial charge >= 0.3 is 0 Å². The van der Waals surface area contributed by atoms with E-state index in [-0.39, 0.29) is 12.4 Å². The number of nitrogens with zero attached hydrogens (tertiary/aromatic N) is 1. The summed E-state index contributed by atoms with van der Waals surface area (Å²) >= 11 is 9.08. The van der Waals surface area contributed by atoms with E-state index in [1.165, 1.54) is 12.3 Å². The molecule has 2 aromatic rings. The van der Waals surface area contributed by atoms with Gasteiger partial charge in [-0.1, -0.05) is 23.7 Å². The van der Waals surface area contributed by atoms with Gasteiger partial charge in [-0.15, -0.1) is 0 Å². The van der Waals surface area contributed by atoms with Gasteiger partial charge in [0.25, 0.3) is 5.91 Å². The molecule has 0 aliphatic heterocycles. The van der Waals surface area contributed by atoms with Crippen molar-refractivity contribution in [1.29, 1.82) is 0 Å². The number of amides is 1. The number of aryl methyl sites for hydroxylation is 1. The maximum absolute atomic E-state index is 11.8. The number of carbonyl (C=O) groups is 1. The fourth-order valence-corrected chi connectivity index (χ4v) is 2.75. The van der Waals surface area contributed by atoms with Crippen LogP contribution in [0.2, 0.25) is 5.02 Å². The number of hydrogen-bond acceptors (Lipinski definition) is 4. The first-order valence-electron chi connectivity index (χ1n) is 7.07. The van der Waals surface area contributed by atoms with Crippen LogP contribution in [0.3, 0.4) is 0 Å². The molecule has 0 saturated heterocycles. The molecule has 0 aliphatic rings. The molecule has 0 radical (unpaired) electrons. The van der Waals surface area contributed by atoms with Crippen LogP contribution in [0.4, 0.5) is 0 Å². The lowest BCUT2D eigenvalue weighted by molar-refractivity contribution is -0.123. The predicted molar refractivity (Wildman–Crippen MR) is 98.0 cm³/mol. The van der Waals surface area contributed by atoms with Crippen molar-refractivity contribution < 1.29 is 14.6 Å². The number of halogens is 2. The minimum absolute atomic E-state index is 0.0102. The van der Waals surface area contributed by atoms with E-state index in [0.29, 0.717) is 20.8 Å². The Morgan fingerprint density at radius 2 is 2.17 bits per heavy atom. The summed E-state index contributed by atoms with van der Waals surface area (Å²) in [6.45, 7) is 3.75. The van der Waals surface area contributed by atoms with E-state index in [2.05, 4.69) is 26.5 Å². The summed E-state index contributed by atoms with van der Waals surface area (Å²) in [5.41, 5.74) is 4.80. The highest BCUT2D eigenvalue weighted by molar-refractivity contribution is 9.10. The lowest BCUT2D eigenvalue weighted by Gasteiger charge is -2.09. The van der Waals surface area contributed by atoms with Crippen molar-refractivity contribution in [3.8, 4) is 11.5 Å². The Bertz CT molecular complexity index is 794. The molecular weight excluding hydrogens is 396 g/mol. The van der Waals surface area contributed by atoms with Crippen molar-refractivity contribution in [3.63, 3.8) is 0 Å². The normalized spacial score (nSPS) is 10.8. The van der Waals surface area contributed by atoms with Gasteiger partial charge in [-0.05, 0) is 59.1 Å². The maximum Gasteiger partial charge on any atom is 0.277 e. The van der Waals surface area contributed by atoms with Gasteiger partial charge < -0.3 is 9.84 Å². The smallest absolute Gasteiger partial charge is 0.277 e. The van der Waals surface area contributed by atoms with E-state index >= 15 is 0 Å². The van der Waals surface area contributed by atoms with E-state index in [1.807, 2.05) is 26.0 Å². The van der Waals surface area contributed by atoms with Crippen molar-refractivity contribution in [2.75, 3.05) is 6.61 Å². The second-order valence-corrected chi connectivity index (χ2v) is 6.40. The van der Waals surface area contributed by atoms with Crippen molar-refractivity contribution in [1.82, 2.24) is 5.43 Å². The fourth-order valence-electron chi connectivity index (χ4n) is 1.91. The van der Waals surface area contributed by atoms with Crippen LogP contribution in [0.5, 0.6) is 11.5 Å². The van der Waals surface area contributed by atoms with Crippen LogP contribution in [0.1, 0.15) is 16.7 Å². The molecule has 0 bridgehead atoms. The first-order chi connectivity index (χ1) is 11.4. The van der Waals surface area contributed by atoms with Gasteiger partial charge in [-0.3, -0.25) is 4.79 Å². The van der Waals surface area contributed by atoms with E-state index in [0.717, 1.165) is 11.1 Å². The van der Waals surface area contributed by atoms with Crippen LogP contribution in [0, 0.1) is 13.8 Å². The molecule has 24 heavy (non-hydrogen) atoms. The number of carbonyl (C=O) groups excluding carboxylic acids is 1. The molecule has 2 aromatic carbocycles. The number of hydrazone groups is 1. The van der Waals surface area contributed by atoms with Gasteiger partial charge in [0, 0.05) is 10.6 Å². The molecule has 0 spiro atoms. The van der Waals surface area contributed by atoms with Gasteiger partial charge in [0.2, 0.25) is 0 Å². The summed E-state index contributed by atoms with van der Waals surface area (Å²) in [4.78, 5) is 11.8. The Hall–Kier alpha value is -2.05. The van der Waals surface area contributed by atoms with Crippen LogP contribution < -0.4 is 10.2 Å². The number of phenols is 1. The van der Waals surface area contributed by atoms with Crippen LogP contribution in [-0.4, -0.2) is 23.8 Å². The second kappa shape index (κ2) is 8.17. The Kier molecular flexibility index (Phi) is 6.23. The fraction of sp³-hybridized carbons (Fsp3) is 0.176. The number of benzene rings is 2. The van der Waals surface area contributed by atoms with Crippen molar-refractivity contribution >= 4 is 39.7 Å². The van der Waals surface area contributed by atoms with Gasteiger partial charge in [0.15, 0.2) is 6.61 Å². The third kappa shape index (κ3) is 4.72. The molecule has 5 nitrogen and oxygen atoms in total. The monoisotopic (exact) mass is 410 g/mol. The average Bonchev–Trinajstić information content (AvgIpc) is 2.53. The molecule has 0 aromatic heterocycles. The Labute approximate surface area is 153 Å². The second-order valence-electron chi connectivity index (χ2n) is 5.11. The first-order valence-corrected chi connectivity index (χ1v) is 8.24. The SMILES string of the molecule is Cc1cccc(OCC(=O)N/N=C/c2cc(Cl)cc(Br)c2O)c1C. The lowest BCUT2D eigenvalue weighted by Crippen LogP contribution is -2.24. The molecule has 0 unspecified atom stereocenters.